The Balaban J connectivity index is 1.71. The third-order valence-corrected chi connectivity index (χ3v) is 5.18. The summed E-state index contributed by atoms with van der Waals surface area (Å²) in [7, 11) is 0. The molecular weight excluding hydrogens is 378 g/mol. The van der Waals surface area contributed by atoms with Gasteiger partial charge in [-0.05, 0) is 38.5 Å². The zero-order valence-electron chi connectivity index (χ0n) is 15.7. The number of nitrogens with zero attached hydrogens (tertiary/aromatic N) is 4. The molecule has 0 saturated heterocycles. The van der Waals surface area contributed by atoms with E-state index in [1.807, 2.05) is 30.5 Å². The van der Waals surface area contributed by atoms with Crippen LogP contribution >= 0.6 is 11.8 Å². The van der Waals surface area contributed by atoms with Crippen molar-refractivity contribution in [2.45, 2.75) is 25.9 Å². The molecule has 1 amide bonds. The van der Waals surface area contributed by atoms with Crippen LogP contribution in [0.15, 0.2) is 47.9 Å². The van der Waals surface area contributed by atoms with E-state index in [9.17, 15) is 14.9 Å². The van der Waals surface area contributed by atoms with Crippen molar-refractivity contribution in [2.75, 3.05) is 11.1 Å². The van der Waals surface area contributed by atoms with E-state index in [0.717, 1.165) is 16.8 Å². The molecule has 0 fully saturated rings. The largest absolute Gasteiger partial charge is 0.325 e. The summed E-state index contributed by atoms with van der Waals surface area (Å²) in [5, 5.41) is 22.4. The minimum Gasteiger partial charge on any atom is -0.325 e. The van der Waals surface area contributed by atoms with Gasteiger partial charge in [0.1, 0.15) is 6.33 Å². The van der Waals surface area contributed by atoms with Crippen molar-refractivity contribution in [1.29, 1.82) is 0 Å². The van der Waals surface area contributed by atoms with Crippen molar-refractivity contribution in [3.8, 4) is 5.69 Å². The highest BCUT2D eigenvalue weighted by Crippen LogP contribution is 2.26. The van der Waals surface area contributed by atoms with Gasteiger partial charge < -0.3 is 5.32 Å². The van der Waals surface area contributed by atoms with Gasteiger partial charge in [-0.2, -0.15) is 0 Å². The fourth-order valence-electron chi connectivity index (χ4n) is 2.84. The summed E-state index contributed by atoms with van der Waals surface area (Å²) in [6, 6.07) is 10.7. The highest BCUT2D eigenvalue weighted by atomic mass is 32.2. The zero-order chi connectivity index (χ0) is 20.3. The molecule has 3 aromatic rings. The van der Waals surface area contributed by atoms with E-state index in [0.29, 0.717) is 16.4 Å². The topological polar surface area (TPSA) is 103 Å². The van der Waals surface area contributed by atoms with Crippen LogP contribution in [0.1, 0.15) is 16.7 Å². The van der Waals surface area contributed by atoms with Gasteiger partial charge >= 0.3 is 0 Å². The van der Waals surface area contributed by atoms with Crippen molar-refractivity contribution in [2.24, 2.45) is 0 Å². The first-order valence-electron chi connectivity index (χ1n) is 8.51. The summed E-state index contributed by atoms with van der Waals surface area (Å²) < 4.78 is 1.84. The molecule has 0 radical (unpaired) electrons. The van der Waals surface area contributed by atoms with Gasteiger partial charge in [-0.1, -0.05) is 35.5 Å². The summed E-state index contributed by atoms with van der Waals surface area (Å²) >= 11 is 1.25. The first-order chi connectivity index (χ1) is 13.4. The number of hydrogen-bond acceptors (Lipinski definition) is 6. The van der Waals surface area contributed by atoms with Crippen LogP contribution in [-0.2, 0) is 4.79 Å². The van der Waals surface area contributed by atoms with E-state index in [-0.39, 0.29) is 17.3 Å². The summed E-state index contributed by atoms with van der Waals surface area (Å²) in [4.78, 5) is 22.9. The average Bonchev–Trinajstić information content (AvgIpc) is 3.10. The maximum Gasteiger partial charge on any atom is 0.274 e. The van der Waals surface area contributed by atoms with Crippen LogP contribution < -0.4 is 5.32 Å². The predicted molar refractivity (Wildman–Crippen MR) is 108 cm³/mol. The lowest BCUT2D eigenvalue weighted by molar-refractivity contribution is -0.385. The molecule has 144 valence electrons. The zero-order valence-corrected chi connectivity index (χ0v) is 16.5. The molecule has 1 aromatic heterocycles. The number of nitro benzene ring substituents is 1. The van der Waals surface area contributed by atoms with Crippen molar-refractivity contribution in [3.63, 3.8) is 0 Å². The summed E-state index contributed by atoms with van der Waals surface area (Å²) in [6.45, 7) is 5.64. The van der Waals surface area contributed by atoms with E-state index in [2.05, 4.69) is 21.6 Å². The van der Waals surface area contributed by atoms with Crippen LogP contribution in [-0.4, -0.2) is 31.3 Å². The van der Waals surface area contributed by atoms with Crippen molar-refractivity contribution >= 4 is 29.0 Å². The molecule has 0 saturated carbocycles. The third kappa shape index (κ3) is 4.20. The van der Waals surface area contributed by atoms with Crippen LogP contribution in [0.5, 0.6) is 0 Å². The molecule has 1 N–H and O–H groups in total. The fourth-order valence-corrected chi connectivity index (χ4v) is 3.56. The molecule has 0 spiro atoms. The van der Waals surface area contributed by atoms with E-state index in [1.54, 1.807) is 25.4 Å². The molecule has 2 aromatic carbocycles. The minimum atomic E-state index is -0.466. The third-order valence-electron chi connectivity index (χ3n) is 4.24. The second-order valence-corrected chi connectivity index (χ2v) is 7.26. The number of carbonyl (C=O) groups excluding carboxylic acids is 1. The predicted octanol–water partition coefficient (Wildman–Crippen LogP) is 3.83. The molecule has 0 aliphatic heterocycles. The standard InChI is InChI=1S/C19H19N5O3S/c1-12-7-8-16(13(2)9-12)23-11-20-22-19(23)28-10-18(25)21-15-5-4-6-17(14(15)3)24(26)27/h4-9,11H,10H2,1-3H3,(H,21,25). The molecular formula is C19H19N5O3S. The Labute approximate surface area is 166 Å². The number of hydrogen-bond donors (Lipinski definition) is 1. The lowest BCUT2D eigenvalue weighted by Gasteiger charge is -2.11. The molecule has 3 rings (SSSR count). The summed E-state index contributed by atoms with van der Waals surface area (Å²) in [5.74, 6) is -0.171. The highest BCUT2D eigenvalue weighted by molar-refractivity contribution is 7.99. The van der Waals surface area contributed by atoms with Crippen LogP contribution in [0.2, 0.25) is 0 Å². The molecule has 0 bridgehead atoms. The van der Waals surface area contributed by atoms with Gasteiger partial charge in [0.2, 0.25) is 5.91 Å². The fraction of sp³-hybridized carbons (Fsp3) is 0.211. The number of aryl methyl sites for hydroxylation is 2. The summed E-state index contributed by atoms with van der Waals surface area (Å²) in [5.41, 5.74) is 4.02. The van der Waals surface area contributed by atoms with Gasteiger partial charge in [0, 0.05) is 6.07 Å². The van der Waals surface area contributed by atoms with E-state index >= 15 is 0 Å². The van der Waals surface area contributed by atoms with E-state index in [4.69, 9.17) is 0 Å². The van der Waals surface area contributed by atoms with Crippen molar-refractivity contribution in [1.82, 2.24) is 14.8 Å². The molecule has 0 aliphatic carbocycles. The number of nitro groups is 1. The number of anilines is 1. The van der Waals surface area contributed by atoms with Crippen molar-refractivity contribution < 1.29 is 9.72 Å². The number of aromatic nitrogens is 3. The maximum absolute atomic E-state index is 12.3. The Morgan fingerprint density at radius 2 is 2.04 bits per heavy atom. The lowest BCUT2D eigenvalue weighted by Crippen LogP contribution is -2.15. The van der Waals surface area contributed by atoms with Crippen LogP contribution in [0.4, 0.5) is 11.4 Å². The highest BCUT2D eigenvalue weighted by Gasteiger charge is 2.16. The number of benzene rings is 2. The van der Waals surface area contributed by atoms with E-state index < -0.39 is 4.92 Å². The smallest absolute Gasteiger partial charge is 0.274 e. The molecule has 0 atom stereocenters. The normalized spacial score (nSPS) is 10.7. The van der Waals surface area contributed by atoms with Gasteiger partial charge in [0.05, 0.1) is 27.6 Å². The van der Waals surface area contributed by atoms with Crippen LogP contribution in [0, 0.1) is 30.9 Å². The van der Waals surface area contributed by atoms with Crippen molar-refractivity contribution in [3.05, 3.63) is 69.5 Å². The van der Waals surface area contributed by atoms with Gasteiger partial charge in [-0.3, -0.25) is 19.5 Å². The maximum atomic E-state index is 12.3. The number of thioether (sulfide) groups is 1. The SMILES string of the molecule is Cc1ccc(-n2cnnc2SCC(=O)Nc2cccc([N+](=O)[O-])c2C)c(C)c1. The molecule has 28 heavy (non-hydrogen) atoms. The number of carbonyl (C=O) groups is 1. The molecule has 9 heteroatoms. The summed E-state index contributed by atoms with van der Waals surface area (Å²) in [6.07, 6.45) is 1.61. The first-order valence-corrected chi connectivity index (χ1v) is 9.49. The van der Waals surface area contributed by atoms with Crippen LogP contribution in [0.3, 0.4) is 0 Å². The van der Waals surface area contributed by atoms with Crippen LogP contribution in [0.25, 0.3) is 5.69 Å². The van der Waals surface area contributed by atoms with Gasteiger partial charge in [-0.15, -0.1) is 10.2 Å². The number of amides is 1. The average molecular weight is 397 g/mol. The molecule has 8 nitrogen and oxygen atoms in total. The van der Waals surface area contributed by atoms with E-state index in [1.165, 1.54) is 17.8 Å². The Morgan fingerprint density at radius 3 is 2.75 bits per heavy atom. The molecule has 0 aliphatic rings. The number of nitrogens with one attached hydrogen (secondary N) is 1. The van der Waals surface area contributed by atoms with Gasteiger partial charge in [0.25, 0.3) is 5.69 Å². The Bertz CT molecular complexity index is 1050. The first kappa shape index (κ1) is 19.6. The monoisotopic (exact) mass is 397 g/mol. The van der Waals surface area contributed by atoms with Gasteiger partial charge in [0.15, 0.2) is 5.16 Å². The Kier molecular flexibility index (Phi) is 5.74. The second kappa shape index (κ2) is 8.22. The quantitative estimate of drug-likeness (QED) is 0.385. The minimum absolute atomic E-state index is 0.0277. The second-order valence-electron chi connectivity index (χ2n) is 6.32. The molecule has 0 unspecified atom stereocenters. The van der Waals surface area contributed by atoms with Gasteiger partial charge in [-0.25, -0.2) is 0 Å². The molecule has 1 heterocycles. The Hall–Kier alpha value is -3.20. The number of rotatable bonds is 6. The lowest BCUT2D eigenvalue weighted by atomic mass is 10.1. The Morgan fingerprint density at radius 1 is 1.25 bits per heavy atom.